The van der Waals surface area contributed by atoms with E-state index in [1.807, 2.05) is 12.1 Å². The summed E-state index contributed by atoms with van der Waals surface area (Å²) in [6, 6.07) is 10.9. The molecule has 2 aromatic carbocycles. The van der Waals surface area contributed by atoms with Crippen molar-refractivity contribution in [2.75, 3.05) is 36.0 Å². The summed E-state index contributed by atoms with van der Waals surface area (Å²) in [5, 5.41) is 8.62. The number of hydrogen-bond donors (Lipinski definition) is 0. The minimum atomic E-state index is -0.477. The molecule has 0 aliphatic carbocycles. The zero-order chi connectivity index (χ0) is 21.1. The van der Waals surface area contributed by atoms with Gasteiger partial charge in [0.05, 0.1) is 11.4 Å². The molecule has 0 atom stereocenters. The maximum absolute atomic E-state index is 11.9. The highest BCUT2D eigenvalue weighted by molar-refractivity contribution is 6.67. The van der Waals surface area contributed by atoms with Crippen LogP contribution in [0.3, 0.4) is 0 Å². The van der Waals surface area contributed by atoms with Crippen LogP contribution in [0.2, 0.25) is 0 Å². The maximum Gasteiger partial charge on any atom is 0.252 e. The van der Waals surface area contributed by atoms with Gasteiger partial charge < -0.3 is 9.80 Å². The Morgan fingerprint density at radius 1 is 0.767 bits per heavy atom. The third kappa shape index (κ3) is 4.38. The Morgan fingerprint density at radius 3 is 1.63 bits per heavy atom. The molecule has 4 rings (SSSR count). The predicted octanol–water partition coefficient (Wildman–Crippen LogP) is 5.88. The first kappa shape index (κ1) is 20.5. The molecule has 2 aromatic rings. The molecule has 0 unspecified atom stereocenters. The number of nitrogens with zero attached hydrogens (tertiary/aromatic N) is 4. The lowest BCUT2D eigenvalue weighted by atomic mass is 10.1. The molecule has 156 valence electrons. The van der Waals surface area contributed by atoms with Gasteiger partial charge in [-0.05, 0) is 80.6 Å². The van der Waals surface area contributed by atoms with E-state index >= 15 is 0 Å². The number of anilines is 2. The van der Waals surface area contributed by atoms with Crippen LogP contribution in [0.25, 0.3) is 0 Å². The number of ketones is 1. The average Bonchev–Trinajstić information content (AvgIpc) is 3.46. The van der Waals surface area contributed by atoms with E-state index in [-0.39, 0.29) is 5.78 Å². The van der Waals surface area contributed by atoms with E-state index in [0.717, 1.165) is 68.9 Å². The molecule has 0 N–H and O–H groups in total. The third-order valence-corrected chi connectivity index (χ3v) is 5.96. The van der Waals surface area contributed by atoms with Crippen LogP contribution in [-0.4, -0.2) is 37.2 Å². The highest BCUT2D eigenvalue weighted by Crippen LogP contribution is 2.37. The minimum Gasteiger partial charge on any atom is -0.370 e. The van der Waals surface area contributed by atoms with Crippen molar-refractivity contribution in [2.45, 2.75) is 32.6 Å². The second-order valence-corrected chi connectivity index (χ2v) is 8.17. The Labute approximate surface area is 181 Å². The lowest BCUT2D eigenvalue weighted by Crippen LogP contribution is -2.18. The molecule has 0 amide bonds. The molecule has 2 fully saturated rings. The van der Waals surface area contributed by atoms with Crippen LogP contribution < -0.4 is 9.80 Å². The molecule has 0 saturated carbocycles. The van der Waals surface area contributed by atoms with E-state index in [4.69, 9.17) is 11.6 Å². The molecule has 0 aromatic heterocycles. The summed E-state index contributed by atoms with van der Waals surface area (Å²) >= 11 is 5.70. The van der Waals surface area contributed by atoms with Gasteiger partial charge in [-0.3, -0.25) is 9.59 Å². The zero-order valence-corrected chi connectivity index (χ0v) is 17.9. The molecule has 0 spiro atoms. The summed E-state index contributed by atoms with van der Waals surface area (Å²) in [5.74, 6) is 0.0385. The van der Waals surface area contributed by atoms with Crippen LogP contribution >= 0.6 is 11.6 Å². The first-order valence-electron chi connectivity index (χ1n) is 10.4. The zero-order valence-electron chi connectivity index (χ0n) is 17.1. The van der Waals surface area contributed by atoms with Crippen molar-refractivity contribution in [3.05, 3.63) is 47.5 Å². The number of azo groups is 1. The Hall–Kier alpha value is -2.73. The first-order valence-corrected chi connectivity index (χ1v) is 10.8. The number of carbonyl (C=O) groups excluding carboxylic acids is 2. The monoisotopic (exact) mass is 424 g/mol. The van der Waals surface area contributed by atoms with Crippen LogP contribution in [0.15, 0.2) is 46.6 Å². The van der Waals surface area contributed by atoms with Crippen molar-refractivity contribution in [3.63, 3.8) is 0 Å². The van der Waals surface area contributed by atoms with E-state index in [9.17, 15) is 9.59 Å². The number of rotatable bonds is 6. The van der Waals surface area contributed by atoms with Crippen LogP contribution in [0, 0.1) is 0 Å². The molecule has 2 heterocycles. The van der Waals surface area contributed by atoms with Gasteiger partial charge in [0.2, 0.25) is 0 Å². The highest BCUT2D eigenvalue weighted by atomic mass is 35.5. The summed E-state index contributed by atoms with van der Waals surface area (Å²) in [7, 11) is 0. The number of carbonyl (C=O) groups is 2. The van der Waals surface area contributed by atoms with Gasteiger partial charge in [-0.15, -0.1) is 10.2 Å². The molecule has 2 aliphatic rings. The molecular weight excluding hydrogens is 400 g/mol. The Balaban J connectivity index is 1.71. The van der Waals surface area contributed by atoms with E-state index in [0.29, 0.717) is 16.8 Å². The van der Waals surface area contributed by atoms with Gasteiger partial charge in [0.25, 0.3) is 5.24 Å². The molecule has 2 saturated heterocycles. The van der Waals surface area contributed by atoms with E-state index in [1.54, 1.807) is 31.2 Å². The third-order valence-electron chi connectivity index (χ3n) is 5.74. The quantitative estimate of drug-likeness (QED) is 0.329. The fourth-order valence-electron chi connectivity index (χ4n) is 4.09. The smallest absolute Gasteiger partial charge is 0.252 e. The molecule has 30 heavy (non-hydrogen) atoms. The van der Waals surface area contributed by atoms with Crippen molar-refractivity contribution >= 4 is 45.4 Å². The minimum absolute atomic E-state index is 0.0385. The number of hydrogen-bond acceptors (Lipinski definition) is 6. The van der Waals surface area contributed by atoms with Crippen LogP contribution in [0.4, 0.5) is 22.7 Å². The number of benzene rings is 2. The fourth-order valence-corrected chi connectivity index (χ4v) is 4.21. The van der Waals surface area contributed by atoms with E-state index in [2.05, 4.69) is 20.0 Å². The molecule has 7 heteroatoms. The van der Waals surface area contributed by atoms with Gasteiger partial charge in [0.1, 0.15) is 11.4 Å². The molecule has 0 radical (unpaired) electrons. The lowest BCUT2D eigenvalue weighted by molar-refractivity contribution is 0.101. The average molecular weight is 425 g/mol. The number of halogens is 1. The van der Waals surface area contributed by atoms with Gasteiger partial charge in [0, 0.05) is 37.3 Å². The summed E-state index contributed by atoms with van der Waals surface area (Å²) in [6.45, 7) is 5.33. The van der Waals surface area contributed by atoms with Crippen molar-refractivity contribution < 1.29 is 9.59 Å². The van der Waals surface area contributed by atoms with Crippen LogP contribution in [0.1, 0.15) is 53.3 Å². The predicted molar refractivity (Wildman–Crippen MR) is 120 cm³/mol. The molecule has 6 nitrogen and oxygen atoms in total. The van der Waals surface area contributed by atoms with Crippen molar-refractivity contribution in [2.24, 2.45) is 10.2 Å². The lowest BCUT2D eigenvalue weighted by Gasteiger charge is -2.21. The van der Waals surface area contributed by atoms with Crippen LogP contribution in [0.5, 0.6) is 0 Å². The topological polar surface area (TPSA) is 65.3 Å². The highest BCUT2D eigenvalue weighted by Gasteiger charge is 2.19. The maximum atomic E-state index is 11.9. The normalized spacial score (nSPS) is 16.6. The molecular formula is C23H25ClN4O2. The van der Waals surface area contributed by atoms with E-state index in [1.165, 1.54) is 0 Å². The SMILES string of the molecule is CC(=O)c1ccc(N=Nc2ccc(C(=O)Cl)cc2N2CCCC2)c(N2CCCC2)c1. The van der Waals surface area contributed by atoms with Crippen LogP contribution in [-0.2, 0) is 0 Å². The summed E-state index contributed by atoms with van der Waals surface area (Å²) in [4.78, 5) is 28.0. The number of Topliss-reactive ketones (excluding diaryl/α,β-unsaturated/α-hetero) is 1. The summed E-state index contributed by atoms with van der Waals surface area (Å²) in [5.41, 5.74) is 4.41. The largest absolute Gasteiger partial charge is 0.370 e. The molecule has 0 bridgehead atoms. The standard InChI is InChI=1S/C23H25ClN4O2/c1-16(29)17-6-8-19(21(14-17)27-10-2-3-11-27)25-26-20-9-7-18(23(24)30)15-22(20)28-12-4-5-13-28/h6-9,14-15H,2-5,10-13H2,1H3. The Bertz CT molecular complexity index is 913. The van der Waals surface area contributed by atoms with E-state index < -0.39 is 5.24 Å². The van der Waals surface area contributed by atoms with Gasteiger partial charge in [-0.1, -0.05) is 0 Å². The van der Waals surface area contributed by atoms with Crippen molar-refractivity contribution in [3.8, 4) is 0 Å². The first-order chi connectivity index (χ1) is 14.5. The summed E-state index contributed by atoms with van der Waals surface area (Å²) in [6.07, 6.45) is 4.49. The van der Waals surface area contributed by atoms with Gasteiger partial charge in [0.15, 0.2) is 5.78 Å². The summed E-state index contributed by atoms with van der Waals surface area (Å²) < 4.78 is 0. The fraction of sp³-hybridized carbons (Fsp3) is 0.391. The second kappa shape index (κ2) is 8.96. The molecule has 2 aliphatic heterocycles. The van der Waals surface area contributed by atoms with Gasteiger partial charge >= 0.3 is 0 Å². The second-order valence-electron chi connectivity index (χ2n) is 7.83. The van der Waals surface area contributed by atoms with Crippen molar-refractivity contribution in [1.82, 2.24) is 0 Å². The van der Waals surface area contributed by atoms with Crippen molar-refractivity contribution in [1.29, 1.82) is 0 Å². The Kier molecular flexibility index (Phi) is 6.13. The van der Waals surface area contributed by atoms with Gasteiger partial charge in [-0.2, -0.15) is 0 Å². The Morgan fingerprint density at radius 2 is 1.20 bits per heavy atom. The van der Waals surface area contributed by atoms with Gasteiger partial charge in [-0.25, -0.2) is 0 Å².